The summed E-state index contributed by atoms with van der Waals surface area (Å²) in [5.74, 6) is 1.77. The Kier molecular flexibility index (Phi) is 5.40. The van der Waals surface area contributed by atoms with Gasteiger partial charge in [-0.15, -0.1) is 0 Å². The van der Waals surface area contributed by atoms with Crippen molar-refractivity contribution in [3.63, 3.8) is 0 Å². The standard InChI is InChI=1S/C23H25N5O3/c29-15-19-12-16-4-1-2-5-18(16)14-28(19)23-25-21(17-6-3-7-20(30)13-17)24-22(26-23)27-8-10-31-11-9-27/h1-7,13,19,29-30H,8-12,14-15H2/t19-/m0/s1. The van der Waals surface area contributed by atoms with E-state index in [0.717, 1.165) is 12.0 Å². The van der Waals surface area contributed by atoms with Crippen molar-refractivity contribution in [2.75, 3.05) is 42.7 Å². The van der Waals surface area contributed by atoms with Gasteiger partial charge in [0.2, 0.25) is 11.9 Å². The van der Waals surface area contributed by atoms with Crippen LogP contribution < -0.4 is 9.80 Å². The third-order valence-electron chi connectivity index (χ3n) is 5.83. The number of aliphatic hydroxyl groups excluding tert-OH is 1. The van der Waals surface area contributed by atoms with Gasteiger partial charge in [-0.05, 0) is 29.7 Å². The van der Waals surface area contributed by atoms with E-state index < -0.39 is 0 Å². The highest BCUT2D eigenvalue weighted by molar-refractivity contribution is 5.61. The van der Waals surface area contributed by atoms with Gasteiger partial charge >= 0.3 is 0 Å². The van der Waals surface area contributed by atoms with E-state index in [2.05, 4.69) is 21.9 Å². The van der Waals surface area contributed by atoms with Crippen molar-refractivity contribution in [1.29, 1.82) is 0 Å². The lowest BCUT2D eigenvalue weighted by Gasteiger charge is -2.36. The third kappa shape index (κ3) is 4.04. The molecule has 2 aliphatic heterocycles. The fourth-order valence-electron chi connectivity index (χ4n) is 4.15. The monoisotopic (exact) mass is 419 g/mol. The first-order chi connectivity index (χ1) is 15.2. The van der Waals surface area contributed by atoms with Gasteiger partial charge in [-0.3, -0.25) is 0 Å². The quantitative estimate of drug-likeness (QED) is 0.663. The molecule has 0 amide bonds. The predicted octanol–water partition coefficient (Wildman–Crippen LogP) is 2.00. The molecule has 0 unspecified atom stereocenters. The van der Waals surface area contributed by atoms with Crippen LogP contribution in [-0.4, -0.2) is 64.1 Å². The van der Waals surface area contributed by atoms with E-state index >= 15 is 0 Å². The SMILES string of the molecule is OC[C@@H]1Cc2ccccc2CN1c1nc(-c2cccc(O)c2)nc(N2CCOCC2)n1. The van der Waals surface area contributed by atoms with Crippen LogP contribution in [0.5, 0.6) is 5.75 Å². The molecule has 8 nitrogen and oxygen atoms in total. The number of nitrogens with zero attached hydrogens (tertiary/aromatic N) is 5. The lowest BCUT2D eigenvalue weighted by molar-refractivity contribution is 0.122. The molecular formula is C23H25N5O3. The summed E-state index contributed by atoms with van der Waals surface area (Å²) in [5.41, 5.74) is 3.17. The first kappa shape index (κ1) is 19.7. The summed E-state index contributed by atoms with van der Waals surface area (Å²) in [7, 11) is 0. The lowest BCUT2D eigenvalue weighted by atomic mass is 9.94. The fraction of sp³-hybridized carbons (Fsp3) is 0.348. The molecule has 0 aliphatic carbocycles. The molecule has 1 fully saturated rings. The summed E-state index contributed by atoms with van der Waals surface area (Å²) in [6.07, 6.45) is 0.729. The van der Waals surface area contributed by atoms with E-state index in [0.29, 0.717) is 50.6 Å². The number of aromatic hydroxyl groups is 1. The highest BCUT2D eigenvalue weighted by Crippen LogP contribution is 2.30. The number of anilines is 2. The Morgan fingerprint density at radius 2 is 1.71 bits per heavy atom. The highest BCUT2D eigenvalue weighted by atomic mass is 16.5. The van der Waals surface area contributed by atoms with E-state index in [1.165, 1.54) is 11.1 Å². The molecule has 3 aromatic rings. The van der Waals surface area contributed by atoms with Gasteiger partial charge in [-0.1, -0.05) is 36.4 Å². The maximum absolute atomic E-state index is 10.1. The van der Waals surface area contributed by atoms with Crippen molar-refractivity contribution >= 4 is 11.9 Å². The molecule has 5 rings (SSSR count). The molecule has 1 atom stereocenters. The van der Waals surface area contributed by atoms with Crippen molar-refractivity contribution in [3.8, 4) is 17.1 Å². The van der Waals surface area contributed by atoms with Crippen LogP contribution in [0.25, 0.3) is 11.4 Å². The average molecular weight is 419 g/mol. The zero-order chi connectivity index (χ0) is 21.2. The maximum Gasteiger partial charge on any atom is 0.231 e. The number of hydrogen-bond donors (Lipinski definition) is 2. The van der Waals surface area contributed by atoms with Gasteiger partial charge in [0.05, 0.1) is 25.9 Å². The molecule has 2 N–H and O–H groups in total. The second-order valence-corrected chi connectivity index (χ2v) is 7.85. The molecule has 2 aromatic carbocycles. The maximum atomic E-state index is 10.1. The zero-order valence-electron chi connectivity index (χ0n) is 17.2. The van der Waals surface area contributed by atoms with E-state index in [-0.39, 0.29) is 18.4 Å². The minimum absolute atomic E-state index is 0.00830. The molecule has 0 bridgehead atoms. The Hall–Kier alpha value is -3.23. The van der Waals surface area contributed by atoms with Crippen LogP contribution in [-0.2, 0) is 17.7 Å². The van der Waals surface area contributed by atoms with Crippen LogP contribution in [0.1, 0.15) is 11.1 Å². The fourth-order valence-corrected chi connectivity index (χ4v) is 4.15. The molecule has 8 heteroatoms. The minimum atomic E-state index is -0.119. The number of aliphatic hydroxyl groups is 1. The van der Waals surface area contributed by atoms with Crippen molar-refractivity contribution in [2.24, 2.45) is 0 Å². The highest BCUT2D eigenvalue weighted by Gasteiger charge is 2.29. The molecule has 2 aliphatic rings. The number of ether oxygens (including phenoxy) is 1. The minimum Gasteiger partial charge on any atom is -0.508 e. The topological polar surface area (TPSA) is 94.8 Å². The van der Waals surface area contributed by atoms with Gasteiger partial charge in [0.15, 0.2) is 5.82 Å². The van der Waals surface area contributed by atoms with Crippen LogP contribution in [0.4, 0.5) is 11.9 Å². The van der Waals surface area contributed by atoms with Gasteiger partial charge in [0, 0.05) is 25.2 Å². The number of rotatable bonds is 4. The number of fused-ring (bicyclic) bond motifs is 1. The molecule has 160 valence electrons. The van der Waals surface area contributed by atoms with Crippen LogP contribution in [0.2, 0.25) is 0 Å². The van der Waals surface area contributed by atoms with Crippen LogP contribution >= 0.6 is 0 Å². The van der Waals surface area contributed by atoms with Gasteiger partial charge < -0.3 is 24.7 Å². The van der Waals surface area contributed by atoms with Crippen molar-refractivity contribution < 1.29 is 14.9 Å². The Morgan fingerprint density at radius 1 is 0.935 bits per heavy atom. The number of morpholine rings is 1. The molecule has 1 saturated heterocycles. The summed E-state index contributed by atoms with van der Waals surface area (Å²) in [4.78, 5) is 18.4. The molecular weight excluding hydrogens is 394 g/mol. The summed E-state index contributed by atoms with van der Waals surface area (Å²) < 4.78 is 5.48. The van der Waals surface area contributed by atoms with Crippen molar-refractivity contribution in [2.45, 2.75) is 19.0 Å². The van der Waals surface area contributed by atoms with E-state index in [4.69, 9.17) is 19.7 Å². The molecule has 3 heterocycles. The van der Waals surface area contributed by atoms with E-state index in [9.17, 15) is 10.2 Å². The predicted molar refractivity (Wildman–Crippen MR) is 117 cm³/mol. The Bertz CT molecular complexity index is 1070. The smallest absolute Gasteiger partial charge is 0.231 e. The van der Waals surface area contributed by atoms with Gasteiger partial charge in [0.1, 0.15) is 5.75 Å². The average Bonchev–Trinajstić information content (AvgIpc) is 2.83. The Labute approximate surface area is 180 Å². The number of hydrogen-bond acceptors (Lipinski definition) is 8. The van der Waals surface area contributed by atoms with Crippen LogP contribution in [0.15, 0.2) is 48.5 Å². The lowest BCUT2D eigenvalue weighted by Crippen LogP contribution is -2.44. The summed E-state index contributed by atoms with van der Waals surface area (Å²) in [6, 6.07) is 15.1. The molecule has 1 aromatic heterocycles. The summed E-state index contributed by atoms with van der Waals surface area (Å²) in [6.45, 7) is 3.28. The zero-order valence-corrected chi connectivity index (χ0v) is 17.2. The summed E-state index contributed by atoms with van der Waals surface area (Å²) in [5, 5.41) is 20.1. The van der Waals surface area contributed by atoms with Crippen molar-refractivity contribution in [3.05, 3.63) is 59.7 Å². The van der Waals surface area contributed by atoms with Gasteiger partial charge in [-0.25, -0.2) is 0 Å². The normalized spacial score (nSPS) is 18.7. The second-order valence-electron chi connectivity index (χ2n) is 7.85. The van der Waals surface area contributed by atoms with E-state index in [1.807, 2.05) is 18.2 Å². The van der Waals surface area contributed by atoms with E-state index in [1.54, 1.807) is 18.2 Å². The van der Waals surface area contributed by atoms with Crippen LogP contribution in [0, 0.1) is 0 Å². The van der Waals surface area contributed by atoms with Gasteiger partial charge in [-0.2, -0.15) is 15.0 Å². The number of phenolic OH excluding ortho intramolecular Hbond substituents is 1. The van der Waals surface area contributed by atoms with Gasteiger partial charge in [0.25, 0.3) is 0 Å². The van der Waals surface area contributed by atoms with Crippen molar-refractivity contribution in [1.82, 2.24) is 15.0 Å². The number of phenols is 1. The third-order valence-corrected chi connectivity index (χ3v) is 5.83. The molecule has 31 heavy (non-hydrogen) atoms. The molecule has 0 spiro atoms. The number of aromatic nitrogens is 3. The Balaban J connectivity index is 1.59. The molecule has 0 saturated carbocycles. The first-order valence-corrected chi connectivity index (χ1v) is 10.5. The largest absolute Gasteiger partial charge is 0.508 e. The Morgan fingerprint density at radius 3 is 2.48 bits per heavy atom. The number of benzene rings is 2. The summed E-state index contributed by atoms with van der Waals surface area (Å²) >= 11 is 0. The molecule has 0 radical (unpaired) electrons. The second kappa shape index (κ2) is 8.49. The first-order valence-electron chi connectivity index (χ1n) is 10.5. The van der Waals surface area contributed by atoms with Crippen LogP contribution in [0.3, 0.4) is 0 Å².